The van der Waals surface area contributed by atoms with Gasteiger partial charge in [-0.15, -0.1) is 0 Å². The summed E-state index contributed by atoms with van der Waals surface area (Å²) in [5.74, 6) is 0. The van der Waals surface area contributed by atoms with Crippen molar-refractivity contribution in [1.82, 2.24) is 10.6 Å². The van der Waals surface area contributed by atoms with Crippen molar-refractivity contribution in [3.05, 3.63) is 0 Å². The molecule has 0 saturated carbocycles. The average Bonchev–Trinajstić information content (AvgIpc) is 2.25. The Bertz CT molecular complexity index is 216. The van der Waals surface area contributed by atoms with E-state index in [4.69, 9.17) is 4.74 Å². The number of aliphatic hydroxyl groups excluding tert-OH is 1. The Morgan fingerprint density at radius 3 is 2.62 bits per heavy atom. The lowest BCUT2D eigenvalue weighted by molar-refractivity contribution is 0.122. The Hall–Kier alpha value is 0.0300. The molecule has 0 heterocycles. The van der Waals surface area contributed by atoms with Gasteiger partial charge < -0.3 is 14.7 Å². The molecule has 0 aliphatic carbocycles. The molecule has 0 aliphatic rings. The van der Waals surface area contributed by atoms with E-state index in [1.54, 1.807) is 14.1 Å². The minimum absolute atomic E-state index is 0.140. The van der Waals surface area contributed by atoms with Crippen molar-refractivity contribution in [2.75, 3.05) is 39.8 Å². The molecule has 4 N–H and O–H groups in total. The van der Waals surface area contributed by atoms with Crippen LogP contribution in [0, 0.1) is 0 Å². The normalized spacial score (nSPS) is 17.0. The van der Waals surface area contributed by atoms with Gasteiger partial charge in [0, 0.05) is 18.9 Å². The van der Waals surface area contributed by atoms with Crippen molar-refractivity contribution >= 4 is 7.37 Å². The number of aliphatic hydroxyl groups is 1. The quantitative estimate of drug-likeness (QED) is 0.244. The number of ether oxygens (including phenoxy) is 1. The smallest absolute Gasteiger partial charge is 0.200 e. The zero-order valence-electron chi connectivity index (χ0n) is 9.98. The predicted molar refractivity (Wildman–Crippen MR) is 63.7 cm³/mol. The predicted octanol–water partition coefficient (Wildman–Crippen LogP) is -0.232. The lowest BCUT2D eigenvalue weighted by Gasteiger charge is -2.14. The molecule has 0 rings (SSSR count). The summed E-state index contributed by atoms with van der Waals surface area (Å²) in [6, 6.07) is 0. The second kappa shape index (κ2) is 9.10. The lowest BCUT2D eigenvalue weighted by Crippen LogP contribution is -2.25. The molecule has 2 atom stereocenters. The van der Waals surface area contributed by atoms with Crippen molar-refractivity contribution < 1.29 is 19.3 Å². The van der Waals surface area contributed by atoms with Gasteiger partial charge in [-0.3, -0.25) is 15.2 Å². The molecule has 0 aromatic heterocycles. The summed E-state index contributed by atoms with van der Waals surface area (Å²) in [6.45, 7) is 0.925. The first-order valence-electron chi connectivity index (χ1n) is 5.40. The first-order valence-corrected chi connectivity index (χ1v) is 7.43. The molecule has 98 valence electrons. The maximum absolute atomic E-state index is 11.6. The summed E-state index contributed by atoms with van der Waals surface area (Å²) in [6.07, 6.45) is 0.530. The van der Waals surface area contributed by atoms with E-state index in [0.717, 1.165) is 0 Å². The van der Waals surface area contributed by atoms with E-state index in [2.05, 4.69) is 10.6 Å². The highest BCUT2D eigenvalue weighted by Gasteiger charge is 2.18. The van der Waals surface area contributed by atoms with Crippen LogP contribution in [0.3, 0.4) is 0 Å². The summed E-state index contributed by atoms with van der Waals surface area (Å²) < 4.78 is 16.7. The Morgan fingerprint density at radius 2 is 2.06 bits per heavy atom. The van der Waals surface area contributed by atoms with Crippen LogP contribution in [-0.4, -0.2) is 56.0 Å². The van der Waals surface area contributed by atoms with Crippen LogP contribution in [0.1, 0.15) is 12.8 Å². The van der Waals surface area contributed by atoms with Crippen LogP contribution in [-0.2, 0) is 9.30 Å². The molecule has 1 unspecified atom stereocenters. The molecule has 0 fully saturated rings. The lowest BCUT2D eigenvalue weighted by atomic mass is 10.4. The third-order valence-electron chi connectivity index (χ3n) is 2.13. The van der Waals surface area contributed by atoms with Gasteiger partial charge >= 0.3 is 0 Å². The van der Waals surface area contributed by atoms with Crippen molar-refractivity contribution in [1.29, 1.82) is 0 Å². The first kappa shape index (κ1) is 16.0. The van der Waals surface area contributed by atoms with Gasteiger partial charge in [-0.2, -0.15) is 0 Å². The van der Waals surface area contributed by atoms with E-state index >= 15 is 0 Å². The van der Waals surface area contributed by atoms with Gasteiger partial charge in [-0.25, -0.2) is 0 Å². The molecule has 7 heteroatoms. The second-order valence-corrected chi connectivity index (χ2v) is 6.23. The maximum Gasteiger partial charge on any atom is 0.200 e. The minimum atomic E-state index is -3.11. The van der Waals surface area contributed by atoms with Crippen LogP contribution >= 0.6 is 7.37 Å². The van der Waals surface area contributed by atoms with Gasteiger partial charge in [0.2, 0.25) is 7.37 Å². The number of rotatable bonds is 10. The number of nitrogens with one attached hydrogen (secondary N) is 2. The van der Waals surface area contributed by atoms with Crippen LogP contribution in [0.5, 0.6) is 0 Å². The van der Waals surface area contributed by atoms with E-state index in [9.17, 15) is 14.6 Å². The number of hydrogen-bond donors (Lipinski definition) is 4. The molecule has 0 amide bonds. The highest BCUT2D eigenvalue weighted by atomic mass is 31.2. The molecule has 16 heavy (non-hydrogen) atoms. The second-order valence-electron chi connectivity index (χ2n) is 3.65. The molecule has 0 bridgehead atoms. The third kappa shape index (κ3) is 9.27. The Labute approximate surface area is 96.8 Å². The monoisotopic (exact) mass is 254 g/mol. The SMILES string of the molecule is CNCOCCCP(=O)(O)CC[C@@H](O)NC. The number of hydrogen-bond acceptors (Lipinski definition) is 5. The van der Waals surface area contributed by atoms with Crippen LogP contribution < -0.4 is 10.6 Å². The third-order valence-corrected chi connectivity index (χ3v) is 4.10. The minimum Gasteiger partial charge on any atom is -0.379 e. The molecule has 0 saturated heterocycles. The van der Waals surface area contributed by atoms with E-state index in [1.807, 2.05) is 0 Å². The average molecular weight is 254 g/mol. The Morgan fingerprint density at radius 1 is 1.38 bits per heavy atom. The van der Waals surface area contributed by atoms with Crippen LogP contribution in [0.2, 0.25) is 0 Å². The van der Waals surface area contributed by atoms with Crippen molar-refractivity contribution in [2.24, 2.45) is 0 Å². The highest BCUT2D eigenvalue weighted by Crippen LogP contribution is 2.41. The zero-order valence-corrected chi connectivity index (χ0v) is 10.9. The molecular formula is C9H23N2O4P. The zero-order chi connectivity index (χ0) is 12.4. The van der Waals surface area contributed by atoms with Gasteiger partial charge in [-0.05, 0) is 26.9 Å². The van der Waals surface area contributed by atoms with Crippen molar-refractivity contribution in [2.45, 2.75) is 19.1 Å². The summed E-state index contributed by atoms with van der Waals surface area (Å²) in [7, 11) is 0.275. The van der Waals surface area contributed by atoms with Gasteiger partial charge in [0.25, 0.3) is 0 Å². The fourth-order valence-electron chi connectivity index (χ4n) is 1.17. The van der Waals surface area contributed by atoms with Crippen LogP contribution in [0.25, 0.3) is 0 Å². The van der Waals surface area contributed by atoms with E-state index in [-0.39, 0.29) is 12.3 Å². The van der Waals surface area contributed by atoms with Gasteiger partial charge in [-0.1, -0.05) is 0 Å². The molecule has 0 aromatic carbocycles. The van der Waals surface area contributed by atoms with E-state index < -0.39 is 13.6 Å². The first-order chi connectivity index (χ1) is 7.52. The topological polar surface area (TPSA) is 90.8 Å². The summed E-state index contributed by atoms with van der Waals surface area (Å²) in [5.41, 5.74) is 0. The maximum atomic E-state index is 11.6. The Kier molecular flexibility index (Phi) is 9.12. The van der Waals surface area contributed by atoms with Crippen LogP contribution in [0.15, 0.2) is 0 Å². The molecule has 6 nitrogen and oxygen atoms in total. The van der Waals surface area contributed by atoms with Gasteiger partial charge in [0.1, 0.15) is 6.23 Å². The molecule has 0 radical (unpaired) electrons. The highest BCUT2D eigenvalue weighted by molar-refractivity contribution is 7.57. The largest absolute Gasteiger partial charge is 0.379 e. The molecular weight excluding hydrogens is 231 g/mol. The molecule has 0 spiro atoms. The summed E-state index contributed by atoms with van der Waals surface area (Å²) in [4.78, 5) is 9.56. The van der Waals surface area contributed by atoms with E-state index in [1.165, 1.54) is 0 Å². The van der Waals surface area contributed by atoms with Gasteiger partial charge in [0.15, 0.2) is 0 Å². The van der Waals surface area contributed by atoms with Crippen LogP contribution in [0.4, 0.5) is 0 Å². The van der Waals surface area contributed by atoms with Gasteiger partial charge in [0.05, 0.1) is 6.73 Å². The van der Waals surface area contributed by atoms with E-state index in [0.29, 0.717) is 26.2 Å². The fourth-order valence-corrected chi connectivity index (χ4v) is 2.66. The standard InChI is InChI=1S/C9H23N2O4P/c1-10-8-15-5-3-6-16(13,14)7-4-9(12)11-2/h9-12H,3-8H2,1-2H3,(H,13,14)/t9-/m1/s1. The molecule has 0 aliphatic heterocycles. The Balaban J connectivity index is 3.58. The van der Waals surface area contributed by atoms with Crippen molar-refractivity contribution in [3.8, 4) is 0 Å². The summed E-state index contributed by atoms with van der Waals surface area (Å²) in [5, 5.41) is 14.6. The fraction of sp³-hybridized carbons (Fsp3) is 1.00. The van der Waals surface area contributed by atoms with Crippen molar-refractivity contribution in [3.63, 3.8) is 0 Å². The molecule has 0 aromatic rings. The summed E-state index contributed by atoms with van der Waals surface area (Å²) >= 11 is 0.